The highest BCUT2D eigenvalue weighted by molar-refractivity contribution is 6.00. The Bertz CT molecular complexity index is 971. The number of benzene rings is 2. The van der Waals surface area contributed by atoms with E-state index >= 15 is 0 Å². The molecule has 1 heterocycles. The van der Waals surface area contributed by atoms with Crippen LogP contribution in [0, 0.1) is 6.92 Å². The molecule has 0 aromatic heterocycles. The Morgan fingerprint density at radius 3 is 2.00 bits per heavy atom. The molecular formula is C25H27NO5. The van der Waals surface area contributed by atoms with Crippen LogP contribution in [0.4, 0.5) is 5.69 Å². The summed E-state index contributed by atoms with van der Waals surface area (Å²) in [6.45, 7) is 5.95. The average Bonchev–Trinajstić information content (AvgIpc) is 2.79. The van der Waals surface area contributed by atoms with Crippen molar-refractivity contribution in [2.75, 3.05) is 25.2 Å². The van der Waals surface area contributed by atoms with Crippen LogP contribution in [0.1, 0.15) is 30.9 Å². The summed E-state index contributed by atoms with van der Waals surface area (Å²) in [5, 5.41) is 0. The zero-order chi connectivity index (χ0) is 22.4. The van der Waals surface area contributed by atoms with Gasteiger partial charge < -0.3 is 19.1 Å². The van der Waals surface area contributed by atoms with Gasteiger partial charge in [0, 0.05) is 18.1 Å². The van der Waals surface area contributed by atoms with Crippen molar-refractivity contribution < 1.29 is 23.8 Å². The van der Waals surface area contributed by atoms with Crippen molar-refractivity contribution in [1.82, 2.24) is 0 Å². The quantitative estimate of drug-likeness (QED) is 0.614. The van der Waals surface area contributed by atoms with Crippen LogP contribution in [0.3, 0.4) is 0 Å². The van der Waals surface area contributed by atoms with E-state index in [1.54, 1.807) is 38.3 Å². The second-order valence-electron chi connectivity index (χ2n) is 7.06. The number of rotatable bonds is 7. The van der Waals surface area contributed by atoms with Crippen LogP contribution in [0.25, 0.3) is 0 Å². The number of aryl methyl sites for hydroxylation is 1. The summed E-state index contributed by atoms with van der Waals surface area (Å²) in [4.78, 5) is 27.7. The molecule has 2 aromatic rings. The maximum atomic E-state index is 13.0. The van der Waals surface area contributed by atoms with E-state index in [0.717, 1.165) is 16.8 Å². The van der Waals surface area contributed by atoms with E-state index in [4.69, 9.17) is 14.2 Å². The van der Waals surface area contributed by atoms with Gasteiger partial charge in [0.15, 0.2) is 0 Å². The monoisotopic (exact) mass is 421 g/mol. The summed E-state index contributed by atoms with van der Waals surface area (Å²) in [5.41, 5.74) is 3.36. The van der Waals surface area contributed by atoms with Crippen molar-refractivity contribution in [3.63, 3.8) is 0 Å². The second kappa shape index (κ2) is 9.98. The molecule has 0 saturated heterocycles. The molecule has 1 aliphatic heterocycles. The first-order valence-corrected chi connectivity index (χ1v) is 10.2. The van der Waals surface area contributed by atoms with Gasteiger partial charge in [-0.2, -0.15) is 0 Å². The Balaban J connectivity index is 2.17. The van der Waals surface area contributed by atoms with E-state index in [-0.39, 0.29) is 13.2 Å². The van der Waals surface area contributed by atoms with Gasteiger partial charge in [-0.1, -0.05) is 29.8 Å². The van der Waals surface area contributed by atoms with Crippen molar-refractivity contribution in [1.29, 1.82) is 0 Å². The van der Waals surface area contributed by atoms with Crippen molar-refractivity contribution in [3.8, 4) is 5.75 Å². The van der Waals surface area contributed by atoms with Crippen LogP contribution in [0.15, 0.2) is 72.1 Å². The summed E-state index contributed by atoms with van der Waals surface area (Å²) < 4.78 is 16.0. The Hall–Kier alpha value is -3.54. The predicted molar refractivity (Wildman–Crippen MR) is 119 cm³/mol. The van der Waals surface area contributed by atoms with Gasteiger partial charge in [-0.25, -0.2) is 9.59 Å². The number of carbonyl (C=O) groups is 2. The van der Waals surface area contributed by atoms with Gasteiger partial charge in [0.1, 0.15) is 5.75 Å². The second-order valence-corrected chi connectivity index (χ2v) is 7.06. The molecule has 0 aliphatic carbocycles. The standard InChI is InChI=1S/C25H27NO5/c1-5-30-24(27)21-15-26(19-12-10-17(3)11-13-19)16-22(25(28)31-6-2)23(21)18-8-7-9-20(14-18)29-4/h7-16,23H,5-6H2,1-4H3. The minimum Gasteiger partial charge on any atom is -0.497 e. The predicted octanol–water partition coefficient (Wildman–Crippen LogP) is 4.50. The lowest BCUT2D eigenvalue weighted by atomic mass is 9.83. The highest BCUT2D eigenvalue weighted by atomic mass is 16.5. The summed E-state index contributed by atoms with van der Waals surface area (Å²) in [6, 6.07) is 15.1. The summed E-state index contributed by atoms with van der Waals surface area (Å²) in [6.07, 6.45) is 3.44. The van der Waals surface area contributed by atoms with Gasteiger partial charge in [-0.15, -0.1) is 0 Å². The van der Waals surface area contributed by atoms with Crippen LogP contribution < -0.4 is 9.64 Å². The molecule has 6 nitrogen and oxygen atoms in total. The molecule has 0 saturated carbocycles. The fourth-order valence-electron chi connectivity index (χ4n) is 3.47. The Morgan fingerprint density at radius 1 is 0.903 bits per heavy atom. The topological polar surface area (TPSA) is 65.1 Å². The van der Waals surface area contributed by atoms with Gasteiger partial charge in [0.25, 0.3) is 0 Å². The number of hydrogen-bond donors (Lipinski definition) is 0. The number of methoxy groups -OCH3 is 1. The lowest BCUT2D eigenvalue weighted by Crippen LogP contribution is -2.29. The smallest absolute Gasteiger partial charge is 0.336 e. The van der Waals surface area contributed by atoms with Crippen molar-refractivity contribution >= 4 is 17.6 Å². The first-order chi connectivity index (χ1) is 15.0. The van der Waals surface area contributed by atoms with Crippen molar-refractivity contribution in [2.24, 2.45) is 0 Å². The first-order valence-electron chi connectivity index (χ1n) is 10.2. The van der Waals surface area contributed by atoms with Crippen molar-refractivity contribution in [3.05, 3.63) is 83.2 Å². The maximum absolute atomic E-state index is 13.0. The fourth-order valence-corrected chi connectivity index (χ4v) is 3.47. The van der Waals surface area contributed by atoms with E-state index in [2.05, 4.69) is 0 Å². The molecule has 0 unspecified atom stereocenters. The number of nitrogens with zero attached hydrogens (tertiary/aromatic N) is 1. The zero-order valence-corrected chi connectivity index (χ0v) is 18.3. The molecule has 1 aliphatic rings. The van der Waals surface area contributed by atoms with Crippen LogP contribution in [-0.4, -0.2) is 32.3 Å². The average molecular weight is 421 g/mol. The van der Waals surface area contributed by atoms with Crippen LogP contribution in [0.5, 0.6) is 5.75 Å². The summed E-state index contributed by atoms with van der Waals surface area (Å²) >= 11 is 0. The van der Waals surface area contributed by atoms with Gasteiger partial charge >= 0.3 is 11.9 Å². The molecule has 162 valence electrons. The number of ether oxygens (including phenoxy) is 3. The third-order valence-electron chi connectivity index (χ3n) is 4.96. The van der Waals surface area contributed by atoms with E-state index < -0.39 is 17.9 Å². The summed E-state index contributed by atoms with van der Waals surface area (Å²) in [7, 11) is 1.57. The van der Waals surface area contributed by atoms with E-state index in [1.807, 2.05) is 55.5 Å². The molecule has 6 heteroatoms. The molecule has 31 heavy (non-hydrogen) atoms. The molecular weight excluding hydrogens is 394 g/mol. The number of esters is 2. The summed E-state index contributed by atoms with van der Waals surface area (Å²) in [5.74, 6) is -0.982. The molecule has 0 fully saturated rings. The lowest BCUT2D eigenvalue weighted by Gasteiger charge is -2.30. The molecule has 0 bridgehead atoms. The number of hydrogen-bond acceptors (Lipinski definition) is 6. The Morgan fingerprint density at radius 2 is 1.48 bits per heavy atom. The minimum absolute atomic E-state index is 0.226. The zero-order valence-electron chi connectivity index (χ0n) is 18.3. The normalized spacial score (nSPS) is 13.9. The Labute approximate surface area is 182 Å². The molecule has 0 radical (unpaired) electrons. The van der Waals surface area contributed by atoms with Crippen LogP contribution >= 0.6 is 0 Å². The third-order valence-corrected chi connectivity index (χ3v) is 4.96. The van der Waals surface area contributed by atoms with E-state index in [9.17, 15) is 9.59 Å². The molecule has 0 spiro atoms. The SMILES string of the molecule is CCOC(=O)C1=CN(c2ccc(C)cc2)C=C(C(=O)OCC)C1c1cccc(OC)c1. The van der Waals surface area contributed by atoms with Gasteiger partial charge in [-0.3, -0.25) is 0 Å². The first kappa shape index (κ1) is 22.2. The molecule has 0 atom stereocenters. The van der Waals surface area contributed by atoms with E-state index in [1.165, 1.54) is 0 Å². The van der Waals surface area contributed by atoms with Crippen molar-refractivity contribution in [2.45, 2.75) is 26.7 Å². The largest absolute Gasteiger partial charge is 0.497 e. The van der Waals surface area contributed by atoms with E-state index in [0.29, 0.717) is 16.9 Å². The molecule has 0 amide bonds. The highest BCUT2D eigenvalue weighted by Crippen LogP contribution is 2.39. The van der Waals surface area contributed by atoms with Crippen LogP contribution in [0.2, 0.25) is 0 Å². The third kappa shape index (κ3) is 4.97. The Kier molecular flexibility index (Phi) is 7.13. The lowest BCUT2D eigenvalue weighted by molar-refractivity contribution is -0.139. The molecule has 3 rings (SSSR count). The number of carbonyl (C=O) groups excluding carboxylic acids is 2. The number of anilines is 1. The van der Waals surface area contributed by atoms with Gasteiger partial charge in [0.2, 0.25) is 0 Å². The maximum Gasteiger partial charge on any atom is 0.336 e. The highest BCUT2D eigenvalue weighted by Gasteiger charge is 2.36. The van der Waals surface area contributed by atoms with Gasteiger partial charge in [-0.05, 0) is 50.6 Å². The fraction of sp³-hybridized carbons (Fsp3) is 0.280. The van der Waals surface area contributed by atoms with Gasteiger partial charge in [0.05, 0.1) is 37.4 Å². The van der Waals surface area contributed by atoms with Crippen LogP contribution in [-0.2, 0) is 19.1 Å². The molecule has 2 aromatic carbocycles. The molecule has 0 N–H and O–H groups in total. The minimum atomic E-state index is -0.644.